The quantitative estimate of drug-likeness (QED) is 0.630. The number of hydrogen-bond donors (Lipinski definition) is 1. The molecule has 1 aliphatic rings. The smallest absolute Gasteiger partial charge is 0.410 e. The van der Waals surface area contributed by atoms with Gasteiger partial charge in [0.05, 0.1) is 0 Å². The van der Waals surface area contributed by atoms with Crippen molar-refractivity contribution in [1.82, 2.24) is 5.32 Å². The van der Waals surface area contributed by atoms with Crippen LogP contribution in [0.4, 0.5) is 4.79 Å². The minimum atomic E-state index is -0.367. The Hall–Kier alpha value is -1.51. The van der Waals surface area contributed by atoms with E-state index >= 15 is 0 Å². The molecule has 0 saturated heterocycles. The molecule has 0 fully saturated rings. The molecular weight excluding hydrogens is 154 g/mol. The minimum absolute atomic E-state index is 0.367. The fourth-order valence-electron chi connectivity index (χ4n) is 1.21. The van der Waals surface area contributed by atoms with Gasteiger partial charge in [0, 0.05) is 12.1 Å². The summed E-state index contributed by atoms with van der Waals surface area (Å²) in [6, 6.07) is 5.83. The van der Waals surface area contributed by atoms with Crippen molar-refractivity contribution in [2.75, 3.05) is 0 Å². The maximum absolute atomic E-state index is 10.8. The van der Waals surface area contributed by atoms with Crippen LogP contribution in [0.25, 0.3) is 0 Å². The summed E-state index contributed by atoms with van der Waals surface area (Å²) in [7, 11) is 0. The third kappa shape index (κ3) is 1.13. The molecule has 3 nitrogen and oxygen atoms in total. The Labute approximate surface area is 70.3 Å². The van der Waals surface area contributed by atoms with Gasteiger partial charge in [0.1, 0.15) is 5.75 Å². The Morgan fingerprint density at radius 1 is 1.50 bits per heavy atom. The van der Waals surface area contributed by atoms with Gasteiger partial charge in [0.15, 0.2) is 0 Å². The van der Waals surface area contributed by atoms with E-state index in [2.05, 4.69) is 5.32 Å². The molecule has 0 unspecified atom stereocenters. The van der Waals surface area contributed by atoms with Crippen LogP contribution in [0.5, 0.6) is 5.75 Å². The van der Waals surface area contributed by atoms with Crippen LogP contribution in [0, 0.1) is 6.92 Å². The normalized spacial score (nSPS) is 14.6. The summed E-state index contributed by atoms with van der Waals surface area (Å²) in [5, 5.41) is 2.60. The second-order valence-corrected chi connectivity index (χ2v) is 2.85. The van der Waals surface area contributed by atoms with E-state index in [1.165, 1.54) is 0 Å². The first kappa shape index (κ1) is 7.16. The van der Waals surface area contributed by atoms with Crippen molar-refractivity contribution in [2.45, 2.75) is 13.5 Å². The first-order valence-electron chi connectivity index (χ1n) is 3.81. The zero-order valence-corrected chi connectivity index (χ0v) is 6.76. The average molecular weight is 163 g/mol. The third-order valence-corrected chi connectivity index (χ3v) is 1.85. The first-order chi connectivity index (χ1) is 5.75. The van der Waals surface area contributed by atoms with Crippen LogP contribution >= 0.6 is 0 Å². The molecule has 1 heterocycles. The molecule has 0 atom stereocenters. The van der Waals surface area contributed by atoms with Crippen LogP contribution in [0.2, 0.25) is 0 Å². The third-order valence-electron chi connectivity index (χ3n) is 1.85. The largest absolute Gasteiger partial charge is 0.412 e. The van der Waals surface area contributed by atoms with E-state index in [4.69, 9.17) is 4.74 Å². The number of benzene rings is 1. The first-order valence-corrected chi connectivity index (χ1v) is 3.81. The van der Waals surface area contributed by atoms with Crippen molar-refractivity contribution in [1.29, 1.82) is 0 Å². The molecule has 1 aromatic rings. The van der Waals surface area contributed by atoms with Crippen molar-refractivity contribution in [3.63, 3.8) is 0 Å². The Morgan fingerprint density at radius 2 is 2.33 bits per heavy atom. The summed E-state index contributed by atoms with van der Waals surface area (Å²) in [6.07, 6.45) is -0.367. The number of fused-ring (bicyclic) bond motifs is 1. The van der Waals surface area contributed by atoms with Gasteiger partial charge in [-0.15, -0.1) is 0 Å². The topological polar surface area (TPSA) is 38.3 Å². The van der Waals surface area contributed by atoms with Crippen LogP contribution in [-0.2, 0) is 6.54 Å². The maximum atomic E-state index is 10.8. The molecule has 0 saturated carbocycles. The lowest BCUT2D eigenvalue weighted by atomic mass is 10.1. The molecule has 0 aliphatic carbocycles. The number of aryl methyl sites for hydroxylation is 1. The molecule has 62 valence electrons. The SMILES string of the molecule is Cc1ccc2c(c1)OC(=O)NC2. The van der Waals surface area contributed by atoms with E-state index in [9.17, 15) is 4.79 Å². The molecule has 0 radical (unpaired) electrons. The van der Waals surface area contributed by atoms with Gasteiger partial charge in [-0.1, -0.05) is 12.1 Å². The zero-order valence-electron chi connectivity index (χ0n) is 6.76. The van der Waals surface area contributed by atoms with Gasteiger partial charge < -0.3 is 10.1 Å². The summed E-state index contributed by atoms with van der Waals surface area (Å²) < 4.78 is 4.96. The molecule has 12 heavy (non-hydrogen) atoms. The van der Waals surface area contributed by atoms with Gasteiger partial charge in [-0.25, -0.2) is 4.79 Å². The fraction of sp³-hybridized carbons (Fsp3) is 0.222. The van der Waals surface area contributed by atoms with Gasteiger partial charge in [-0.3, -0.25) is 0 Å². The molecule has 0 aromatic heterocycles. The van der Waals surface area contributed by atoms with Crippen molar-refractivity contribution in [3.05, 3.63) is 29.3 Å². The highest BCUT2D eigenvalue weighted by Gasteiger charge is 2.14. The molecule has 1 N–H and O–H groups in total. The Bertz CT molecular complexity index is 333. The van der Waals surface area contributed by atoms with E-state index in [0.29, 0.717) is 12.3 Å². The number of amides is 1. The van der Waals surface area contributed by atoms with Crippen molar-refractivity contribution in [3.8, 4) is 5.75 Å². The summed E-state index contributed by atoms with van der Waals surface area (Å²) >= 11 is 0. The van der Waals surface area contributed by atoms with Crippen LogP contribution in [0.1, 0.15) is 11.1 Å². The number of hydrogen-bond acceptors (Lipinski definition) is 2. The van der Waals surface area contributed by atoms with Crippen LogP contribution < -0.4 is 10.1 Å². The molecule has 1 aliphatic heterocycles. The molecule has 0 bridgehead atoms. The zero-order chi connectivity index (χ0) is 8.55. The Kier molecular flexibility index (Phi) is 1.50. The van der Waals surface area contributed by atoms with Gasteiger partial charge in [0.25, 0.3) is 0 Å². The Morgan fingerprint density at radius 3 is 3.17 bits per heavy atom. The van der Waals surface area contributed by atoms with E-state index in [1.807, 2.05) is 25.1 Å². The summed E-state index contributed by atoms with van der Waals surface area (Å²) in [5.74, 6) is 0.679. The lowest BCUT2D eigenvalue weighted by Crippen LogP contribution is -2.31. The fourth-order valence-corrected chi connectivity index (χ4v) is 1.21. The summed E-state index contributed by atoms with van der Waals surface area (Å²) in [5.41, 5.74) is 2.13. The second-order valence-electron chi connectivity index (χ2n) is 2.85. The lowest BCUT2D eigenvalue weighted by Gasteiger charge is -2.16. The molecular formula is C9H9NO2. The molecule has 0 spiro atoms. The highest BCUT2D eigenvalue weighted by Crippen LogP contribution is 2.22. The number of carbonyl (C=O) groups is 1. The van der Waals surface area contributed by atoms with Gasteiger partial charge in [-0.05, 0) is 18.6 Å². The summed E-state index contributed by atoms with van der Waals surface area (Å²) in [4.78, 5) is 10.8. The van der Waals surface area contributed by atoms with E-state index in [0.717, 1.165) is 11.1 Å². The van der Waals surface area contributed by atoms with Crippen molar-refractivity contribution < 1.29 is 9.53 Å². The molecule has 1 aromatic carbocycles. The molecule has 1 amide bonds. The van der Waals surface area contributed by atoms with Crippen LogP contribution in [0.3, 0.4) is 0 Å². The second kappa shape index (κ2) is 2.52. The predicted octanol–water partition coefficient (Wildman–Crippen LogP) is 1.60. The van der Waals surface area contributed by atoms with Crippen molar-refractivity contribution in [2.24, 2.45) is 0 Å². The lowest BCUT2D eigenvalue weighted by molar-refractivity contribution is 0.194. The predicted molar refractivity (Wildman–Crippen MR) is 44.0 cm³/mol. The highest BCUT2D eigenvalue weighted by molar-refractivity contribution is 5.73. The summed E-state index contributed by atoms with van der Waals surface area (Å²) in [6.45, 7) is 2.53. The van der Waals surface area contributed by atoms with Gasteiger partial charge in [-0.2, -0.15) is 0 Å². The highest BCUT2D eigenvalue weighted by atomic mass is 16.6. The average Bonchev–Trinajstić information content (AvgIpc) is 2.03. The van der Waals surface area contributed by atoms with E-state index in [1.54, 1.807) is 0 Å². The van der Waals surface area contributed by atoms with Crippen molar-refractivity contribution >= 4 is 6.09 Å². The molecule has 3 heteroatoms. The van der Waals surface area contributed by atoms with Gasteiger partial charge in [0.2, 0.25) is 0 Å². The maximum Gasteiger partial charge on any atom is 0.412 e. The number of rotatable bonds is 0. The minimum Gasteiger partial charge on any atom is -0.410 e. The Balaban J connectivity index is 2.44. The van der Waals surface area contributed by atoms with Crippen LogP contribution in [0.15, 0.2) is 18.2 Å². The molecule has 2 rings (SSSR count). The van der Waals surface area contributed by atoms with Gasteiger partial charge >= 0.3 is 6.09 Å². The number of carbonyl (C=O) groups excluding carboxylic acids is 1. The van der Waals surface area contributed by atoms with E-state index in [-0.39, 0.29) is 6.09 Å². The van der Waals surface area contributed by atoms with E-state index < -0.39 is 0 Å². The number of ether oxygens (including phenoxy) is 1. The van der Waals surface area contributed by atoms with Crippen LogP contribution in [-0.4, -0.2) is 6.09 Å². The standard InChI is InChI=1S/C9H9NO2/c1-6-2-3-7-5-10-9(11)12-8(7)4-6/h2-4H,5H2,1H3,(H,10,11). The number of nitrogens with one attached hydrogen (secondary N) is 1. The monoisotopic (exact) mass is 163 g/mol.